The maximum atomic E-state index is 12.8. The molecule has 2 N–H and O–H groups in total. The second kappa shape index (κ2) is 12.9. The summed E-state index contributed by atoms with van der Waals surface area (Å²) in [5, 5.41) is 0. The van der Waals surface area contributed by atoms with Crippen molar-refractivity contribution in [2.24, 2.45) is 17.6 Å². The van der Waals surface area contributed by atoms with Gasteiger partial charge in [-0.15, -0.1) is 0 Å². The Labute approximate surface area is 207 Å². The highest BCUT2D eigenvalue weighted by molar-refractivity contribution is 5.81. The highest BCUT2D eigenvalue weighted by atomic mass is 16.2. The van der Waals surface area contributed by atoms with E-state index in [0.717, 1.165) is 51.7 Å². The van der Waals surface area contributed by atoms with Crippen LogP contribution in [0.5, 0.6) is 0 Å². The van der Waals surface area contributed by atoms with Gasteiger partial charge in [-0.05, 0) is 73.6 Å². The van der Waals surface area contributed by atoms with Gasteiger partial charge >= 0.3 is 0 Å². The van der Waals surface area contributed by atoms with Gasteiger partial charge in [0, 0.05) is 31.4 Å². The molecule has 2 aromatic carbocycles. The molecule has 1 saturated heterocycles. The van der Waals surface area contributed by atoms with Crippen molar-refractivity contribution in [3.8, 4) is 0 Å². The van der Waals surface area contributed by atoms with Gasteiger partial charge in [-0.3, -0.25) is 4.79 Å². The van der Waals surface area contributed by atoms with E-state index in [0.29, 0.717) is 17.9 Å². The highest BCUT2D eigenvalue weighted by Crippen LogP contribution is 2.26. The Balaban J connectivity index is 1.61. The van der Waals surface area contributed by atoms with E-state index in [1.807, 2.05) is 4.90 Å². The first-order chi connectivity index (χ1) is 16.3. The minimum Gasteiger partial charge on any atom is -0.368 e. The Bertz CT molecular complexity index is 854. The van der Waals surface area contributed by atoms with Gasteiger partial charge in [-0.2, -0.15) is 0 Å². The maximum Gasteiger partial charge on any atom is 0.239 e. The molecule has 3 rings (SSSR count). The summed E-state index contributed by atoms with van der Waals surface area (Å²) in [4.78, 5) is 17.4. The molecule has 0 aromatic heterocycles. The third-order valence-electron chi connectivity index (χ3n) is 7.02. The van der Waals surface area contributed by atoms with Gasteiger partial charge in [0.25, 0.3) is 0 Å². The van der Waals surface area contributed by atoms with Crippen molar-refractivity contribution in [1.82, 2.24) is 4.90 Å². The second-order valence-electron chi connectivity index (χ2n) is 10.8. The average molecular weight is 464 g/mol. The zero-order valence-electron chi connectivity index (χ0n) is 21.7. The molecular weight excluding hydrogens is 418 g/mol. The molecule has 186 valence electrons. The van der Waals surface area contributed by atoms with Crippen LogP contribution in [0.2, 0.25) is 0 Å². The summed E-state index contributed by atoms with van der Waals surface area (Å²) in [5.74, 6) is 1.24. The highest BCUT2D eigenvalue weighted by Gasteiger charge is 2.29. The lowest BCUT2D eigenvalue weighted by molar-refractivity contribution is -0.134. The fourth-order valence-corrected chi connectivity index (χ4v) is 4.95. The van der Waals surface area contributed by atoms with Crippen LogP contribution < -0.4 is 10.6 Å². The van der Waals surface area contributed by atoms with Gasteiger partial charge in [0.15, 0.2) is 0 Å². The summed E-state index contributed by atoms with van der Waals surface area (Å²) in [6, 6.07) is 20.0. The zero-order chi connectivity index (χ0) is 24.5. The van der Waals surface area contributed by atoms with Crippen LogP contribution in [0.4, 0.5) is 5.69 Å². The van der Waals surface area contributed by atoms with Crippen molar-refractivity contribution in [3.63, 3.8) is 0 Å². The standard InChI is InChI=1S/C30H45N3O/c1-23(2)16-21-33(28-17-19-32(20-18-28)30(34)29(31)22-24(3)4)27-14-12-26(13-15-27)11-10-25-8-6-5-7-9-25/h5-9,12-15,23-24,28-29H,10-11,16-22,31H2,1-4H3/t29-/m0/s1. The van der Waals surface area contributed by atoms with E-state index in [1.165, 1.54) is 23.2 Å². The topological polar surface area (TPSA) is 49.6 Å². The van der Waals surface area contributed by atoms with Crippen molar-refractivity contribution in [2.75, 3.05) is 24.5 Å². The first-order valence-electron chi connectivity index (χ1n) is 13.3. The van der Waals surface area contributed by atoms with Gasteiger partial charge in [0.1, 0.15) is 0 Å². The van der Waals surface area contributed by atoms with Crippen LogP contribution in [-0.4, -0.2) is 42.5 Å². The van der Waals surface area contributed by atoms with E-state index in [2.05, 4.69) is 87.2 Å². The number of benzene rings is 2. The van der Waals surface area contributed by atoms with Gasteiger partial charge < -0.3 is 15.5 Å². The summed E-state index contributed by atoms with van der Waals surface area (Å²) in [6.07, 6.45) is 6.09. The van der Waals surface area contributed by atoms with Crippen molar-refractivity contribution in [1.29, 1.82) is 0 Å². The van der Waals surface area contributed by atoms with Gasteiger partial charge in [0.2, 0.25) is 5.91 Å². The Hall–Kier alpha value is -2.33. The lowest BCUT2D eigenvalue weighted by Gasteiger charge is -2.41. The minimum absolute atomic E-state index is 0.128. The van der Waals surface area contributed by atoms with Crippen LogP contribution >= 0.6 is 0 Å². The number of aryl methyl sites for hydroxylation is 2. The molecule has 1 atom stereocenters. The molecule has 1 aliphatic rings. The number of hydrogen-bond donors (Lipinski definition) is 1. The van der Waals surface area contributed by atoms with Gasteiger partial charge in [-0.1, -0.05) is 70.2 Å². The molecule has 1 fully saturated rings. The number of carbonyl (C=O) groups excluding carboxylic acids is 1. The molecule has 0 radical (unpaired) electrons. The molecule has 4 heteroatoms. The smallest absolute Gasteiger partial charge is 0.239 e. The van der Waals surface area contributed by atoms with E-state index in [9.17, 15) is 4.79 Å². The second-order valence-corrected chi connectivity index (χ2v) is 10.8. The predicted octanol–water partition coefficient (Wildman–Crippen LogP) is 5.69. The SMILES string of the molecule is CC(C)CCN(c1ccc(CCc2ccccc2)cc1)C1CCN(C(=O)[C@@H](N)CC(C)C)CC1. The number of likely N-dealkylation sites (tertiary alicyclic amines) is 1. The monoisotopic (exact) mass is 463 g/mol. The predicted molar refractivity (Wildman–Crippen MR) is 144 cm³/mol. The molecule has 0 saturated carbocycles. The zero-order valence-corrected chi connectivity index (χ0v) is 21.7. The van der Waals surface area contributed by atoms with Gasteiger partial charge in [0.05, 0.1) is 6.04 Å². The normalized spacial score (nSPS) is 15.7. The van der Waals surface area contributed by atoms with Crippen molar-refractivity contribution < 1.29 is 4.79 Å². The van der Waals surface area contributed by atoms with Crippen LogP contribution in [0.15, 0.2) is 54.6 Å². The van der Waals surface area contributed by atoms with Crippen molar-refractivity contribution in [2.45, 2.75) is 78.3 Å². The van der Waals surface area contributed by atoms with Crippen LogP contribution in [-0.2, 0) is 17.6 Å². The summed E-state index contributed by atoms with van der Waals surface area (Å²) in [7, 11) is 0. The first-order valence-corrected chi connectivity index (χ1v) is 13.3. The molecule has 2 aromatic rings. The Morgan fingerprint density at radius 3 is 2.06 bits per heavy atom. The Kier molecular flexibility index (Phi) is 10.0. The number of piperidine rings is 1. The van der Waals surface area contributed by atoms with E-state index in [4.69, 9.17) is 5.73 Å². The lowest BCUT2D eigenvalue weighted by atomic mass is 9.98. The van der Waals surface area contributed by atoms with E-state index < -0.39 is 0 Å². The molecule has 1 aliphatic heterocycles. The molecule has 1 amide bonds. The van der Waals surface area contributed by atoms with Gasteiger partial charge in [-0.25, -0.2) is 0 Å². The summed E-state index contributed by atoms with van der Waals surface area (Å²) >= 11 is 0. The molecular formula is C30H45N3O. The van der Waals surface area contributed by atoms with E-state index in [-0.39, 0.29) is 11.9 Å². The molecule has 4 nitrogen and oxygen atoms in total. The van der Waals surface area contributed by atoms with E-state index >= 15 is 0 Å². The number of amides is 1. The molecule has 1 heterocycles. The van der Waals surface area contributed by atoms with Crippen LogP contribution in [0, 0.1) is 11.8 Å². The van der Waals surface area contributed by atoms with Crippen LogP contribution in [0.25, 0.3) is 0 Å². The number of rotatable bonds is 11. The third-order valence-corrected chi connectivity index (χ3v) is 7.02. The molecule has 34 heavy (non-hydrogen) atoms. The van der Waals surface area contributed by atoms with Crippen molar-refractivity contribution >= 4 is 11.6 Å². The maximum absolute atomic E-state index is 12.8. The molecule has 0 spiro atoms. The molecule has 0 aliphatic carbocycles. The number of carbonyl (C=O) groups is 1. The summed E-state index contributed by atoms with van der Waals surface area (Å²) in [5.41, 5.74) is 10.3. The minimum atomic E-state index is -0.364. The third kappa shape index (κ3) is 7.87. The first kappa shape index (κ1) is 26.3. The largest absolute Gasteiger partial charge is 0.368 e. The average Bonchev–Trinajstić information content (AvgIpc) is 2.83. The van der Waals surface area contributed by atoms with Crippen LogP contribution in [0.1, 0.15) is 64.5 Å². The molecule has 0 unspecified atom stereocenters. The number of nitrogens with two attached hydrogens (primary N) is 1. The quantitative estimate of drug-likeness (QED) is 0.466. The fraction of sp³-hybridized carbons (Fsp3) is 0.567. The van der Waals surface area contributed by atoms with Crippen LogP contribution in [0.3, 0.4) is 0 Å². The summed E-state index contributed by atoms with van der Waals surface area (Å²) < 4.78 is 0. The van der Waals surface area contributed by atoms with E-state index in [1.54, 1.807) is 0 Å². The number of hydrogen-bond acceptors (Lipinski definition) is 3. The Morgan fingerprint density at radius 1 is 0.912 bits per heavy atom. The molecule has 0 bridgehead atoms. The summed E-state index contributed by atoms with van der Waals surface area (Å²) in [6.45, 7) is 11.5. The number of nitrogens with zero attached hydrogens (tertiary/aromatic N) is 2. The Morgan fingerprint density at radius 2 is 1.50 bits per heavy atom. The van der Waals surface area contributed by atoms with Crippen molar-refractivity contribution in [3.05, 3.63) is 65.7 Å². The number of anilines is 1. The lowest BCUT2D eigenvalue weighted by Crippen LogP contribution is -2.51. The fourth-order valence-electron chi connectivity index (χ4n) is 4.95.